The van der Waals surface area contributed by atoms with Gasteiger partial charge in [0.15, 0.2) is 0 Å². The molecule has 24 heteroatoms. The summed E-state index contributed by atoms with van der Waals surface area (Å²) in [5, 5.41) is 13.9. The van der Waals surface area contributed by atoms with E-state index in [1.807, 2.05) is 27.7 Å². The van der Waals surface area contributed by atoms with Crippen LogP contribution in [-0.4, -0.2) is 101 Å². The Kier molecular flexibility index (Phi) is 29.2. The van der Waals surface area contributed by atoms with E-state index in [9.17, 15) is 37.4 Å². The standard InChI is InChI=1S/C80H96N4O16P4/c1-9-37-93-77-57-41-59-47-66(82-74(86)54-102(90,98-14-6)70-31-23-18-24-32-70)49-61(78(59)94-38-10-2)43-63-51-68(84-76(88)56-104(92,100-16-8)72-35-27-20-28-36-72)52-64(80(63)96-40-12-4)44-62-50-67(83-75(87)55-103(91,99-15-7)71-33-25-19-26-34-71)48-60(79(62)95-39-11-3)42-58(77)46-65(45-57)81-73(85)53-101(89,97-13-5)69-29-21-17-22-30-69/h17-36,45-52H,9-16,37-44,53-56H2,1-8H3,(H,81,85)(H,82,86)(H,83,87)(H,84,88). The number of benzene rings is 8. The lowest BCUT2D eigenvalue weighted by Crippen LogP contribution is -2.22. The van der Waals surface area contributed by atoms with Gasteiger partial charge in [0.1, 0.15) is 47.6 Å². The van der Waals surface area contributed by atoms with E-state index < -0.39 is 77.8 Å². The van der Waals surface area contributed by atoms with Gasteiger partial charge in [0, 0.05) is 114 Å². The minimum absolute atomic E-state index is 0.0259. The third kappa shape index (κ3) is 21.0. The van der Waals surface area contributed by atoms with Crippen LogP contribution in [0, 0.1) is 0 Å². The number of hydrogen-bond donors (Lipinski definition) is 4. The molecule has 8 aromatic rings. The molecule has 0 aromatic heterocycles. The lowest BCUT2D eigenvalue weighted by molar-refractivity contribution is -0.114. The number of ether oxygens (including phenoxy) is 4. The molecular weight excluding hydrogens is 1400 g/mol. The zero-order chi connectivity index (χ0) is 74.3. The molecule has 0 saturated heterocycles. The van der Waals surface area contributed by atoms with Crippen LogP contribution in [0.1, 0.15) is 126 Å². The molecule has 1 aliphatic carbocycles. The van der Waals surface area contributed by atoms with E-state index in [0.29, 0.717) is 137 Å². The number of nitrogens with one attached hydrogen (secondary N) is 4. The predicted octanol–water partition coefficient (Wildman–Crippen LogP) is 15.8. The molecule has 0 aliphatic heterocycles. The van der Waals surface area contributed by atoms with Crippen molar-refractivity contribution in [2.24, 2.45) is 0 Å². The number of fused-ring (bicyclic) bond motifs is 8. The Bertz CT molecular complexity index is 3810. The fourth-order valence-electron chi connectivity index (χ4n) is 12.6. The second-order valence-corrected chi connectivity index (χ2v) is 34.9. The molecule has 20 nitrogen and oxygen atoms in total. The Morgan fingerprint density at radius 1 is 0.288 bits per heavy atom. The maximum absolute atomic E-state index is 14.8. The summed E-state index contributed by atoms with van der Waals surface area (Å²) in [7, 11) is -15.1. The molecule has 4 unspecified atom stereocenters. The van der Waals surface area contributed by atoms with Crippen molar-refractivity contribution in [1.29, 1.82) is 0 Å². The first-order valence-electron chi connectivity index (χ1n) is 35.7. The molecular formula is C80H96N4O16P4. The maximum Gasteiger partial charge on any atom is 0.241 e. The van der Waals surface area contributed by atoms with E-state index >= 15 is 0 Å². The second kappa shape index (κ2) is 38.0. The van der Waals surface area contributed by atoms with E-state index in [1.165, 1.54) is 0 Å². The zero-order valence-corrected chi connectivity index (χ0v) is 64.2. The molecule has 8 aromatic carbocycles. The van der Waals surface area contributed by atoms with Gasteiger partial charge in [0.2, 0.25) is 53.1 Å². The third-order valence-corrected chi connectivity index (χ3v) is 26.6. The number of anilines is 4. The Balaban J connectivity index is 1.32. The maximum atomic E-state index is 14.8. The molecule has 1 aliphatic rings. The number of hydrogen-bond acceptors (Lipinski definition) is 16. The number of carbonyl (C=O) groups is 4. The quantitative estimate of drug-likeness (QED) is 0.0266. The summed E-state index contributed by atoms with van der Waals surface area (Å²) in [4.78, 5) is 59.0. The lowest BCUT2D eigenvalue weighted by atomic mass is 9.90. The van der Waals surface area contributed by atoms with E-state index in [4.69, 9.17) is 37.0 Å². The molecule has 4 N–H and O–H groups in total. The zero-order valence-electron chi connectivity index (χ0n) is 60.6. The number of carbonyl (C=O) groups excluding carboxylic acids is 4. The lowest BCUT2D eigenvalue weighted by Gasteiger charge is -2.25. The van der Waals surface area contributed by atoms with Crippen molar-refractivity contribution in [3.8, 4) is 23.0 Å². The molecule has 0 fully saturated rings. The Morgan fingerprint density at radius 3 is 0.615 bits per heavy atom. The van der Waals surface area contributed by atoms with Gasteiger partial charge in [-0.2, -0.15) is 0 Å². The molecule has 0 heterocycles. The van der Waals surface area contributed by atoms with Gasteiger partial charge in [-0.25, -0.2) is 0 Å². The highest BCUT2D eigenvalue weighted by atomic mass is 31.2. The summed E-state index contributed by atoms with van der Waals surface area (Å²) >= 11 is 0. The van der Waals surface area contributed by atoms with Crippen molar-refractivity contribution in [3.05, 3.63) is 214 Å². The molecule has 4 amide bonds. The van der Waals surface area contributed by atoms with Crippen LogP contribution in [0.2, 0.25) is 0 Å². The highest BCUT2D eigenvalue weighted by molar-refractivity contribution is 7.69. The first-order chi connectivity index (χ1) is 50.2. The van der Waals surface area contributed by atoms with Crippen LogP contribution in [0.3, 0.4) is 0 Å². The van der Waals surface area contributed by atoms with Crippen LogP contribution < -0.4 is 61.4 Å². The van der Waals surface area contributed by atoms with Crippen LogP contribution >= 0.6 is 29.5 Å². The molecule has 0 spiro atoms. The smallest absolute Gasteiger partial charge is 0.241 e. The van der Waals surface area contributed by atoms with E-state index in [0.717, 1.165) is 0 Å². The van der Waals surface area contributed by atoms with Crippen LogP contribution in [0.25, 0.3) is 0 Å². The van der Waals surface area contributed by atoms with Crippen LogP contribution in [-0.2, 0) is 81.2 Å². The minimum atomic E-state index is -3.78. The summed E-state index contributed by atoms with van der Waals surface area (Å²) in [6, 6.07) is 48.9. The van der Waals surface area contributed by atoms with E-state index in [1.54, 1.807) is 198 Å². The topological polar surface area (TPSA) is 259 Å². The summed E-state index contributed by atoms with van der Waals surface area (Å²) in [6.07, 6.45) is 0.450. The van der Waals surface area contributed by atoms with Crippen molar-refractivity contribution in [1.82, 2.24) is 0 Å². The fraction of sp³-hybridized carbons (Fsp3) is 0.350. The van der Waals surface area contributed by atoms with Gasteiger partial charge in [-0.15, -0.1) is 0 Å². The number of rotatable bonds is 36. The monoisotopic (exact) mass is 1490 g/mol. The summed E-state index contributed by atoms with van der Waals surface area (Å²) < 4.78 is 111. The molecule has 0 radical (unpaired) electrons. The van der Waals surface area contributed by atoms with Crippen molar-refractivity contribution in [2.45, 2.75) is 107 Å². The van der Waals surface area contributed by atoms with Gasteiger partial charge in [0.25, 0.3) is 0 Å². The predicted molar refractivity (Wildman–Crippen MR) is 415 cm³/mol. The Morgan fingerprint density at radius 2 is 0.462 bits per heavy atom. The summed E-state index contributed by atoms with van der Waals surface area (Å²) in [5.74, 6) is -0.608. The Hall–Kier alpha value is -8.40. The number of amides is 4. The van der Waals surface area contributed by atoms with Crippen LogP contribution in [0.4, 0.5) is 22.7 Å². The van der Waals surface area contributed by atoms with E-state index in [-0.39, 0.29) is 78.5 Å². The van der Waals surface area contributed by atoms with E-state index in [2.05, 4.69) is 21.3 Å². The van der Waals surface area contributed by atoms with Gasteiger partial charge >= 0.3 is 0 Å². The molecule has 8 bridgehead atoms. The third-order valence-electron chi connectivity index (χ3n) is 16.8. The SMILES string of the molecule is CCCOc1c2cc(NC(=O)CP(=O)(OCC)c3ccccc3)cc1Cc1cc(NC(=O)CP(=O)(OCC)c3ccccc3)cc(c1OCCC)Cc1cc(NC(=O)CP(=O)(OCC)c3ccccc3)cc(c1OCCC)Cc1cc(NC(=O)CP(=O)(OCC)c3ccccc3)cc(c1OCCC)C2. The van der Waals surface area contributed by atoms with Crippen LogP contribution in [0.5, 0.6) is 23.0 Å². The van der Waals surface area contributed by atoms with Crippen molar-refractivity contribution in [3.63, 3.8) is 0 Å². The molecule has 552 valence electrons. The van der Waals surface area contributed by atoms with Gasteiger partial charge < -0.3 is 58.3 Å². The van der Waals surface area contributed by atoms with Gasteiger partial charge in [-0.05, 0) is 150 Å². The van der Waals surface area contributed by atoms with Crippen molar-refractivity contribution >= 4 is 97.1 Å². The molecule has 9 rings (SSSR count). The fourth-order valence-corrected chi connectivity index (χ4v) is 20.3. The largest absolute Gasteiger partial charge is 0.493 e. The van der Waals surface area contributed by atoms with Gasteiger partial charge in [-0.1, -0.05) is 100 Å². The molecule has 4 atom stereocenters. The average molecular weight is 1490 g/mol. The van der Waals surface area contributed by atoms with Crippen molar-refractivity contribution < 1.29 is 74.5 Å². The second-order valence-electron chi connectivity index (χ2n) is 25.1. The van der Waals surface area contributed by atoms with Crippen LogP contribution in [0.15, 0.2) is 170 Å². The highest BCUT2D eigenvalue weighted by Crippen LogP contribution is 2.50. The normalized spacial score (nSPS) is 14.2. The minimum Gasteiger partial charge on any atom is -0.493 e. The first-order valence-corrected chi connectivity index (χ1v) is 43.0. The highest BCUT2D eigenvalue weighted by Gasteiger charge is 2.35. The van der Waals surface area contributed by atoms with Gasteiger partial charge in [-0.3, -0.25) is 37.4 Å². The summed E-state index contributed by atoms with van der Waals surface area (Å²) in [5.41, 5.74) is 5.71. The Labute approximate surface area is 611 Å². The average Bonchev–Trinajstić information content (AvgIpc) is 0.770. The molecule has 0 saturated carbocycles. The molecule has 104 heavy (non-hydrogen) atoms. The van der Waals surface area contributed by atoms with Crippen molar-refractivity contribution in [2.75, 3.05) is 98.8 Å². The summed E-state index contributed by atoms with van der Waals surface area (Å²) in [6.45, 7) is 16.1. The van der Waals surface area contributed by atoms with Gasteiger partial charge in [0.05, 0.1) is 52.9 Å². The first kappa shape index (κ1) is 79.7.